The molecule has 0 aliphatic carbocycles. The molecule has 3 amide bonds. The van der Waals surface area contributed by atoms with Crippen molar-refractivity contribution < 1.29 is 19.1 Å². The molecule has 3 atom stereocenters. The zero-order chi connectivity index (χ0) is 25.4. The van der Waals surface area contributed by atoms with E-state index in [-0.39, 0.29) is 29.7 Å². The molecule has 0 saturated heterocycles. The highest BCUT2D eigenvalue weighted by Crippen LogP contribution is 2.46. The molecule has 0 spiro atoms. The lowest BCUT2D eigenvalue weighted by molar-refractivity contribution is -0.132. The van der Waals surface area contributed by atoms with E-state index >= 15 is 0 Å². The molecule has 2 aliphatic heterocycles. The molecular formula is C28H32N4O4. The van der Waals surface area contributed by atoms with Gasteiger partial charge in [-0.05, 0) is 35.6 Å². The van der Waals surface area contributed by atoms with E-state index in [4.69, 9.17) is 4.74 Å². The molecule has 1 aromatic heterocycles. The molecule has 0 bridgehead atoms. The Bertz CT molecular complexity index is 1310. The van der Waals surface area contributed by atoms with E-state index in [1.807, 2.05) is 62.4 Å². The Morgan fingerprint density at radius 3 is 2.67 bits per heavy atom. The summed E-state index contributed by atoms with van der Waals surface area (Å²) in [5.41, 5.74) is 4.49. The number of aromatic amines is 1. The first-order valence-corrected chi connectivity index (χ1v) is 12.5. The average Bonchev–Trinajstić information content (AvgIpc) is 3.40. The number of hydrogen-bond donors (Lipinski definition) is 3. The third-order valence-corrected chi connectivity index (χ3v) is 7.23. The predicted octanol–water partition coefficient (Wildman–Crippen LogP) is 2.93. The van der Waals surface area contributed by atoms with Crippen LogP contribution in [0.1, 0.15) is 53.5 Å². The maximum atomic E-state index is 13.8. The largest absolute Gasteiger partial charge is 0.385 e. The summed E-state index contributed by atoms with van der Waals surface area (Å²) < 4.78 is 5.04. The van der Waals surface area contributed by atoms with E-state index in [2.05, 4.69) is 15.6 Å². The van der Waals surface area contributed by atoms with Gasteiger partial charge in [0.2, 0.25) is 11.8 Å². The van der Waals surface area contributed by atoms with E-state index in [1.165, 1.54) is 0 Å². The second-order valence-corrected chi connectivity index (χ2v) is 9.85. The first kappa shape index (κ1) is 24.1. The highest BCUT2D eigenvalue weighted by atomic mass is 16.5. The summed E-state index contributed by atoms with van der Waals surface area (Å²) in [5.74, 6) is -0.829. The molecule has 5 rings (SSSR count). The zero-order valence-electron chi connectivity index (χ0n) is 20.8. The Labute approximate surface area is 210 Å². The number of H-pyrrole nitrogens is 1. The fourth-order valence-corrected chi connectivity index (χ4v) is 5.46. The van der Waals surface area contributed by atoms with Crippen LogP contribution in [0.5, 0.6) is 0 Å². The number of carbonyl (C=O) groups is 3. The third-order valence-electron chi connectivity index (χ3n) is 7.23. The summed E-state index contributed by atoms with van der Waals surface area (Å²) in [4.78, 5) is 45.5. The van der Waals surface area contributed by atoms with Crippen LogP contribution in [-0.2, 0) is 20.7 Å². The van der Waals surface area contributed by atoms with Gasteiger partial charge in [-0.25, -0.2) is 0 Å². The lowest BCUT2D eigenvalue weighted by atomic mass is 9.89. The van der Waals surface area contributed by atoms with Crippen LogP contribution < -0.4 is 10.6 Å². The minimum Gasteiger partial charge on any atom is -0.385 e. The van der Waals surface area contributed by atoms with Crippen LogP contribution in [0.3, 0.4) is 0 Å². The first-order chi connectivity index (χ1) is 17.4. The second-order valence-electron chi connectivity index (χ2n) is 9.85. The van der Waals surface area contributed by atoms with E-state index in [9.17, 15) is 14.4 Å². The number of amides is 3. The first-order valence-electron chi connectivity index (χ1n) is 12.5. The number of aromatic nitrogens is 1. The number of methoxy groups -OCH3 is 1. The summed E-state index contributed by atoms with van der Waals surface area (Å²) in [7, 11) is 1.62. The topological polar surface area (TPSA) is 104 Å². The Morgan fingerprint density at radius 2 is 1.89 bits per heavy atom. The SMILES string of the molecule is COCCCNC(=O)[C@@H](NC(=O)[C@@H]1Cc2c([nH]c3ccccc23)C2c3ccccc3C(=O)N21)C(C)C. The summed E-state index contributed by atoms with van der Waals surface area (Å²) >= 11 is 0. The van der Waals surface area contributed by atoms with Gasteiger partial charge in [0.25, 0.3) is 5.91 Å². The maximum absolute atomic E-state index is 13.8. The van der Waals surface area contributed by atoms with Crippen molar-refractivity contribution in [3.8, 4) is 0 Å². The standard InChI is InChI=1S/C28H32N4O4/c1-16(2)23(27(34)29-13-8-14-36-3)31-26(33)22-15-20-17-9-6-7-12-21(17)30-24(20)25-18-10-4-5-11-19(18)28(35)32(22)25/h4-7,9-12,16,22-23,25,30H,8,13-15H2,1-3H3,(H,29,34)(H,31,33)/t22-,23-,25?/m0/s1. The molecule has 3 N–H and O–H groups in total. The van der Waals surface area contributed by atoms with Gasteiger partial charge in [0.1, 0.15) is 12.1 Å². The highest BCUT2D eigenvalue weighted by Gasteiger charge is 2.49. The van der Waals surface area contributed by atoms with Gasteiger partial charge in [0, 0.05) is 48.8 Å². The van der Waals surface area contributed by atoms with Gasteiger partial charge in [-0.2, -0.15) is 0 Å². The van der Waals surface area contributed by atoms with Crippen molar-refractivity contribution in [2.24, 2.45) is 5.92 Å². The summed E-state index contributed by atoms with van der Waals surface area (Å²) in [5, 5.41) is 6.92. The van der Waals surface area contributed by atoms with Crippen LogP contribution in [-0.4, -0.2) is 60.0 Å². The monoisotopic (exact) mass is 488 g/mol. The molecule has 3 aromatic rings. The van der Waals surface area contributed by atoms with Gasteiger partial charge >= 0.3 is 0 Å². The summed E-state index contributed by atoms with van der Waals surface area (Å²) in [6, 6.07) is 13.7. The number of fused-ring (bicyclic) bond motifs is 7. The van der Waals surface area contributed by atoms with Gasteiger partial charge in [0.15, 0.2) is 0 Å². The Balaban J connectivity index is 1.48. The van der Waals surface area contributed by atoms with Gasteiger partial charge in [0.05, 0.1) is 6.04 Å². The van der Waals surface area contributed by atoms with E-state index < -0.39 is 12.1 Å². The number of carbonyl (C=O) groups excluding carboxylic acids is 3. The van der Waals surface area contributed by atoms with E-state index in [0.29, 0.717) is 31.6 Å². The molecule has 0 saturated carbocycles. The zero-order valence-corrected chi connectivity index (χ0v) is 20.8. The quantitative estimate of drug-likeness (QED) is 0.424. The fourth-order valence-electron chi connectivity index (χ4n) is 5.46. The molecular weight excluding hydrogens is 456 g/mol. The average molecular weight is 489 g/mol. The number of benzene rings is 2. The summed E-state index contributed by atoms with van der Waals surface area (Å²) in [6.07, 6.45) is 1.07. The Morgan fingerprint density at radius 1 is 1.14 bits per heavy atom. The molecule has 188 valence electrons. The molecule has 1 unspecified atom stereocenters. The van der Waals surface area contributed by atoms with Crippen LogP contribution in [0.2, 0.25) is 0 Å². The van der Waals surface area contributed by atoms with Crippen LogP contribution in [0.25, 0.3) is 10.9 Å². The van der Waals surface area contributed by atoms with E-state index in [0.717, 1.165) is 27.7 Å². The van der Waals surface area contributed by atoms with Crippen molar-refractivity contribution >= 4 is 28.6 Å². The van der Waals surface area contributed by atoms with Crippen LogP contribution >= 0.6 is 0 Å². The van der Waals surface area contributed by atoms with Crippen LogP contribution in [0.15, 0.2) is 48.5 Å². The molecule has 8 heteroatoms. The lowest BCUT2D eigenvalue weighted by Gasteiger charge is -2.38. The van der Waals surface area contributed by atoms with Gasteiger partial charge in [-0.1, -0.05) is 50.2 Å². The summed E-state index contributed by atoms with van der Waals surface area (Å²) in [6.45, 7) is 4.82. The number of nitrogens with one attached hydrogen (secondary N) is 3. The number of nitrogens with zero attached hydrogens (tertiary/aromatic N) is 1. The van der Waals surface area contributed by atoms with Crippen LogP contribution in [0.4, 0.5) is 0 Å². The normalized spacial score (nSPS) is 19.1. The van der Waals surface area contributed by atoms with Crippen molar-refractivity contribution in [2.75, 3.05) is 20.3 Å². The van der Waals surface area contributed by atoms with E-state index in [1.54, 1.807) is 12.0 Å². The third kappa shape index (κ3) is 4.05. The fraction of sp³-hybridized carbons (Fsp3) is 0.393. The van der Waals surface area contributed by atoms with Crippen molar-refractivity contribution in [2.45, 2.75) is 44.8 Å². The molecule has 0 radical (unpaired) electrons. The number of ether oxygens (including phenoxy) is 1. The minimum absolute atomic E-state index is 0.120. The molecule has 0 fully saturated rings. The Kier molecular flexibility index (Phi) is 6.53. The molecule has 2 aromatic carbocycles. The van der Waals surface area contributed by atoms with Crippen molar-refractivity contribution in [3.63, 3.8) is 0 Å². The molecule has 36 heavy (non-hydrogen) atoms. The predicted molar refractivity (Wildman–Crippen MR) is 137 cm³/mol. The second kappa shape index (κ2) is 9.78. The van der Waals surface area contributed by atoms with Crippen LogP contribution in [0, 0.1) is 5.92 Å². The van der Waals surface area contributed by atoms with Gasteiger partial charge in [-0.3, -0.25) is 14.4 Å². The number of para-hydroxylation sites is 1. The van der Waals surface area contributed by atoms with Crippen molar-refractivity contribution in [1.29, 1.82) is 0 Å². The van der Waals surface area contributed by atoms with Crippen molar-refractivity contribution in [1.82, 2.24) is 20.5 Å². The maximum Gasteiger partial charge on any atom is 0.255 e. The number of hydrogen-bond acceptors (Lipinski definition) is 4. The minimum atomic E-state index is -0.732. The molecule has 2 aliphatic rings. The van der Waals surface area contributed by atoms with Gasteiger partial charge in [-0.15, -0.1) is 0 Å². The van der Waals surface area contributed by atoms with Crippen molar-refractivity contribution in [3.05, 3.63) is 70.9 Å². The lowest BCUT2D eigenvalue weighted by Crippen LogP contribution is -2.57. The number of rotatable bonds is 8. The van der Waals surface area contributed by atoms with Gasteiger partial charge < -0.3 is 25.3 Å². The molecule has 8 nitrogen and oxygen atoms in total. The molecule has 3 heterocycles. The highest BCUT2D eigenvalue weighted by molar-refractivity contribution is 6.04. The smallest absolute Gasteiger partial charge is 0.255 e. The Hall–Kier alpha value is -3.65.